The summed E-state index contributed by atoms with van der Waals surface area (Å²) >= 11 is 3.50. The lowest BCUT2D eigenvalue weighted by molar-refractivity contribution is 1.22. The average molecular weight is 222 g/mol. The Balaban J connectivity index is 2.62. The molecule has 0 saturated heterocycles. The van der Waals surface area contributed by atoms with Gasteiger partial charge >= 0.3 is 0 Å². The molecule has 0 amide bonds. The lowest BCUT2D eigenvalue weighted by Crippen LogP contribution is -1.88. The molecule has 0 radical (unpaired) electrons. The molecular formula is C10H8BrN. The van der Waals surface area contributed by atoms with Crippen molar-refractivity contribution in [3.05, 3.63) is 47.8 Å². The van der Waals surface area contributed by atoms with Gasteiger partial charge in [0.2, 0.25) is 0 Å². The normalized spacial score (nSPS) is 14.2. The first kappa shape index (κ1) is 7.62. The zero-order chi connectivity index (χ0) is 8.39. The molecule has 60 valence electrons. The van der Waals surface area contributed by atoms with E-state index in [1.165, 1.54) is 11.1 Å². The fourth-order valence-electron chi connectivity index (χ4n) is 1.20. The Labute approximate surface area is 79.9 Å². The van der Waals surface area contributed by atoms with Crippen LogP contribution in [0.3, 0.4) is 0 Å². The molecule has 2 rings (SSSR count). The molecule has 1 aliphatic heterocycles. The van der Waals surface area contributed by atoms with Gasteiger partial charge in [0.25, 0.3) is 0 Å². The fraction of sp³-hybridized carbons (Fsp3) is 0. The van der Waals surface area contributed by atoms with Gasteiger partial charge in [0.15, 0.2) is 0 Å². The van der Waals surface area contributed by atoms with E-state index in [2.05, 4.69) is 39.5 Å². The highest BCUT2D eigenvalue weighted by atomic mass is 79.9. The monoisotopic (exact) mass is 221 g/mol. The summed E-state index contributed by atoms with van der Waals surface area (Å²) in [4.78, 5) is 0. The van der Waals surface area contributed by atoms with Crippen LogP contribution in [-0.2, 0) is 0 Å². The van der Waals surface area contributed by atoms with E-state index in [1.807, 2.05) is 24.5 Å². The molecule has 0 saturated carbocycles. The third kappa shape index (κ3) is 1.30. The molecule has 1 heterocycles. The Bertz CT molecular complexity index is 353. The number of nitrogens with one attached hydrogen (secondary N) is 1. The minimum Gasteiger partial charge on any atom is -0.367 e. The Morgan fingerprint density at radius 2 is 2.00 bits per heavy atom. The molecule has 1 aliphatic rings. The highest BCUT2D eigenvalue weighted by Crippen LogP contribution is 2.26. The minimum absolute atomic E-state index is 1.09. The van der Waals surface area contributed by atoms with Crippen molar-refractivity contribution in [1.29, 1.82) is 0 Å². The molecule has 1 nitrogen and oxygen atoms in total. The second kappa shape index (κ2) is 3.15. The van der Waals surface area contributed by atoms with E-state index in [1.54, 1.807) is 0 Å². The second-order valence-electron chi connectivity index (χ2n) is 2.58. The molecule has 1 aromatic rings. The van der Waals surface area contributed by atoms with Crippen molar-refractivity contribution in [2.45, 2.75) is 0 Å². The summed E-state index contributed by atoms with van der Waals surface area (Å²) in [5, 5.41) is 3.05. The minimum atomic E-state index is 1.09. The van der Waals surface area contributed by atoms with E-state index < -0.39 is 0 Å². The average Bonchev–Trinajstić information content (AvgIpc) is 2.29. The van der Waals surface area contributed by atoms with Crippen LogP contribution in [0.2, 0.25) is 0 Å². The largest absolute Gasteiger partial charge is 0.367 e. The summed E-state index contributed by atoms with van der Waals surface area (Å²) in [5.41, 5.74) is 2.45. The van der Waals surface area contributed by atoms with Gasteiger partial charge in [-0.2, -0.15) is 0 Å². The van der Waals surface area contributed by atoms with E-state index in [-0.39, 0.29) is 0 Å². The Hall–Kier alpha value is -1.02. The smallest absolute Gasteiger partial charge is 0.0413 e. The quantitative estimate of drug-likeness (QED) is 0.711. The summed E-state index contributed by atoms with van der Waals surface area (Å²) in [6.45, 7) is 0. The zero-order valence-electron chi connectivity index (χ0n) is 6.42. The van der Waals surface area contributed by atoms with Gasteiger partial charge in [-0.25, -0.2) is 0 Å². The first-order chi connectivity index (χ1) is 5.88. The molecule has 0 atom stereocenters. The van der Waals surface area contributed by atoms with Crippen LogP contribution >= 0.6 is 15.9 Å². The van der Waals surface area contributed by atoms with Crippen molar-refractivity contribution < 1.29 is 0 Å². The van der Waals surface area contributed by atoms with Crippen LogP contribution < -0.4 is 5.32 Å². The third-order valence-electron chi connectivity index (χ3n) is 1.79. The van der Waals surface area contributed by atoms with Gasteiger partial charge in [0, 0.05) is 16.9 Å². The Morgan fingerprint density at radius 1 is 1.17 bits per heavy atom. The lowest BCUT2D eigenvalue weighted by Gasteiger charge is -2.01. The van der Waals surface area contributed by atoms with Crippen LogP contribution in [0, 0.1) is 0 Å². The standard InChI is InChI=1S/C10H8BrN/c11-10-7-12-6-5-8-3-1-2-4-9(8)10/h1-7,12H. The fourth-order valence-corrected chi connectivity index (χ4v) is 1.69. The number of rotatable bonds is 0. The molecular weight excluding hydrogens is 214 g/mol. The summed E-state index contributed by atoms with van der Waals surface area (Å²) < 4.78 is 1.09. The second-order valence-corrected chi connectivity index (χ2v) is 3.43. The Kier molecular flexibility index (Phi) is 2.00. The first-order valence-electron chi connectivity index (χ1n) is 3.75. The molecule has 0 spiro atoms. The molecule has 2 heteroatoms. The van der Waals surface area contributed by atoms with Crippen LogP contribution in [0.4, 0.5) is 0 Å². The van der Waals surface area contributed by atoms with E-state index in [4.69, 9.17) is 0 Å². The van der Waals surface area contributed by atoms with Crippen LogP contribution in [0.5, 0.6) is 0 Å². The van der Waals surface area contributed by atoms with Crippen LogP contribution in [0.15, 0.2) is 36.7 Å². The maximum absolute atomic E-state index is 3.50. The maximum atomic E-state index is 3.50. The van der Waals surface area contributed by atoms with Crippen molar-refractivity contribution in [3.63, 3.8) is 0 Å². The molecule has 0 fully saturated rings. The molecule has 1 N–H and O–H groups in total. The van der Waals surface area contributed by atoms with Crippen molar-refractivity contribution in [1.82, 2.24) is 5.32 Å². The number of halogens is 1. The highest BCUT2D eigenvalue weighted by Gasteiger charge is 2.03. The Morgan fingerprint density at radius 3 is 2.92 bits per heavy atom. The maximum Gasteiger partial charge on any atom is 0.0413 e. The zero-order valence-corrected chi connectivity index (χ0v) is 8.01. The van der Waals surface area contributed by atoms with Gasteiger partial charge in [0.1, 0.15) is 0 Å². The van der Waals surface area contributed by atoms with Crippen LogP contribution in [0.25, 0.3) is 10.6 Å². The number of benzene rings is 1. The van der Waals surface area contributed by atoms with E-state index >= 15 is 0 Å². The summed E-state index contributed by atoms with van der Waals surface area (Å²) in [5.74, 6) is 0. The van der Waals surface area contributed by atoms with Gasteiger partial charge < -0.3 is 5.32 Å². The topological polar surface area (TPSA) is 12.0 Å². The molecule has 1 aromatic carbocycles. The summed E-state index contributed by atoms with van der Waals surface area (Å²) in [6.07, 6.45) is 5.91. The highest BCUT2D eigenvalue weighted by molar-refractivity contribution is 9.15. The molecule has 12 heavy (non-hydrogen) atoms. The molecule has 0 unspecified atom stereocenters. The van der Waals surface area contributed by atoms with Gasteiger partial charge in [-0.3, -0.25) is 0 Å². The van der Waals surface area contributed by atoms with Crippen molar-refractivity contribution in [2.75, 3.05) is 0 Å². The number of fused-ring (bicyclic) bond motifs is 1. The first-order valence-corrected chi connectivity index (χ1v) is 4.55. The lowest BCUT2D eigenvalue weighted by atomic mass is 10.1. The molecule has 0 aliphatic carbocycles. The summed E-state index contributed by atoms with van der Waals surface area (Å²) in [7, 11) is 0. The van der Waals surface area contributed by atoms with Gasteiger partial charge in [0.05, 0.1) is 0 Å². The van der Waals surface area contributed by atoms with Crippen molar-refractivity contribution in [2.24, 2.45) is 0 Å². The SMILES string of the molecule is BrC1=CNC=Cc2ccccc21. The van der Waals surface area contributed by atoms with Gasteiger partial charge in [-0.1, -0.05) is 24.3 Å². The van der Waals surface area contributed by atoms with E-state index in [0.29, 0.717) is 0 Å². The van der Waals surface area contributed by atoms with Crippen molar-refractivity contribution >= 4 is 26.5 Å². The predicted molar refractivity (Wildman–Crippen MR) is 55.5 cm³/mol. The predicted octanol–water partition coefficient (Wildman–Crippen LogP) is 2.95. The molecule has 0 aromatic heterocycles. The third-order valence-corrected chi connectivity index (χ3v) is 2.44. The van der Waals surface area contributed by atoms with Crippen LogP contribution in [-0.4, -0.2) is 0 Å². The molecule has 0 bridgehead atoms. The van der Waals surface area contributed by atoms with Gasteiger partial charge in [-0.05, 0) is 33.1 Å². The summed E-state index contributed by atoms with van der Waals surface area (Å²) in [6, 6.07) is 8.25. The van der Waals surface area contributed by atoms with Crippen molar-refractivity contribution in [3.8, 4) is 0 Å². The van der Waals surface area contributed by atoms with E-state index in [9.17, 15) is 0 Å². The van der Waals surface area contributed by atoms with Gasteiger partial charge in [-0.15, -0.1) is 0 Å². The van der Waals surface area contributed by atoms with E-state index in [0.717, 1.165) is 4.48 Å². The number of hydrogen-bond donors (Lipinski definition) is 1. The number of hydrogen-bond acceptors (Lipinski definition) is 1. The van der Waals surface area contributed by atoms with Crippen LogP contribution in [0.1, 0.15) is 11.1 Å².